The molecule has 112 valence electrons. The van der Waals surface area contributed by atoms with Crippen molar-refractivity contribution in [3.05, 3.63) is 0 Å². The Kier molecular flexibility index (Phi) is 5.17. The number of amides is 1. The highest BCUT2D eigenvalue weighted by molar-refractivity contribution is 7.85. The molecule has 0 aliphatic carbocycles. The average molecular weight is 294 g/mol. The van der Waals surface area contributed by atoms with Crippen LogP contribution in [0, 0.1) is 5.92 Å². The van der Waals surface area contributed by atoms with E-state index in [9.17, 15) is 13.2 Å². The zero-order chi connectivity index (χ0) is 14.7. The zero-order valence-corrected chi connectivity index (χ0v) is 12.4. The summed E-state index contributed by atoms with van der Waals surface area (Å²) in [6, 6.07) is 0. The van der Waals surface area contributed by atoms with Crippen molar-refractivity contribution in [3.63, 3.8) is 0 Å². The molecule has 0 saturated carbocycles. The van der Waals surface area contributed by atoms with E-state index in [1.54, 1.807) is 25.8 Å². The molecule has 1 fully saturated rings. The molecule has 1 aliphatic heterocycles. The quantitative estimate of drug-likeness (QED) is 0.755. The molecule has 1 rings (SSSR count). The molecule has 0 aromatic heterocycles. The topological polar surface area (TPSA) is 95.9 Å². The lowest BCUT2D eigenvalue weighted by molar-refractivity contribution is 0.0271. The average Bonchev–Trinajstić information content (AvgIpc) is 2.15. The lowest BCUT2D eigenvalue weighted by Crippen LogP contribution is -2.48. The van der Waals surface area contributed by atoms with Crippen LogP contribution in [-0.2, 0) is 14.9 Å². The lowest BCUT2D eigenvalue weighted by Gasteiger charge is -2.32. The Bertz CT molecular complexity index is 407. The molecule has 1 aliphatic rings. The second-order valence-corrected chi connectivity index (χ2v) is 7.29. The van der Waals surface area contributed by atoms with Gasteiger partial charge < -0.3 is 4.74 Å². The number of carbonyl (C=O) groups is 1. The van der Waals surface area contributed by atoms with E-state index in [2.05, 4.69) is 5.43 Å². The molecule has 1 heterocycles. The molecule has 1 amide bonds. The van der Waals surface area contributed by atoms with Gasteiger partial charge in [-0.05, 0) is 39.5 Å². The summed E-state index contributed by atoms with van der Waals surface area (Å²) < 4.78 is 35.4. The molecule has 0 bridgehead atoms. The summed E-state index contributed by atoms with van der Waals surface area (Å²) in [5, 5.41) is 1.70. The number of rotatable bonds is 3. The second kappa shape index (κ2) is 6.06. The molecular weight excluding hydrogens is 272 g/mol. The zero-order valence-electron chi connectivity index (χ0n) is 11.5. The van der Waals surface area contributed by atoms with Gasteiger partial charge in [0.15, 0.2) is 0 Å². The van der Waals surface area contributed by atoms with Crippen LogP contribution in [0.25, 0.3) is 0 Å². The van der Waals surface area contributed by atoms with E-state index in [-0.39, 0.29) is 11.7 Å². The van der Waals surface area contributed by atoms with E-state index in [0.717, 1.165) is 0 Å². The van der Waals surface area contributed by atoms with Crippen molar-refractivity contribution in [2.75, 3.05) is 18.8 Å². The van der Waals surface area contributed by atoms with Gasteiger partial charge in [-0.1, -0.05) is 0 Å². The maximum atomic E-state index is 11.5. The number of piperidine rings is 1. The van der Waals surface area contributed by atoms with Crippen LogP contribution < -0.4 is 5.43 Å². The Hall–Kier alpha value is -0.860. The van der Waals surface area contributed by atoms with E-state index >= 15 is 0 Å². The number of hydrogen-bond acceptors (Lipinski definition) is 5. The van der Waals surface area contributed by atoms with Crippen molar-refractivity contribution in [2.45, 2.75) is 39.2 Å². The number of ether oxygens (including phenoxy) is 1. The third-order valence-corrected chi connectivity index (χ3v) is 3.60. The van der Waals surface area contributed by atoms with Gasteiger partial charge in [-0.25, -0.2) is 9.80 Å². The number of carbonyl (C=O) groups excluding carboxylic acids is 1. The first-order valence-corrected chi connectivity index (χ1v) is 7.86. The van der Waals surface area contributed by atoms with Gasteiger partial charge in [0.2, 0.25) is 0 Å². The maximum Gasteiger partial charge on any atom is 0.422 e. The molecule has 19 heavy (non-hydrogen) atoms. The highest BCUT2D eigenvalue weighted by Crippen LogP contribution is 2.17. The third kappa shape index (κ3) is 7.34. The van der Waals surface area contributed by atoms with Crippen molar-refractivity contribution in [1.29, 1.82) is 0 Å². The van der Waals surface area contributed by atoms with E-state index in [1.807, 2.05) is 0 Å². The Labute approximate surface area is 114 Å². The third-order valence-electron chi connectivity index (χ3n) is 2.71. The molecular formula is C11H22N2O5S. The fourth-order valence-electron chi connectivity index (χ4n) is 1.94. The van der Waals surface area contributed by atoms with Crippen molar-refractivity contribution >= 4 is 16.2 Å². The van der Waals surface area contributed by atoms with Crippen LogP contribution in [0.3, 0.4) is 0 Å². The molecule has 0 spiro atoms. The molecule has 0 atom stereocenters. The molecule has 8 heteroatoms. The first-order chi connectivity index (χ1) is 8.55. The Morgan fingerprint density at radius 1 is 1.37 bits per heavy atom. The second-order valence-electron chi connectivity index (χ2n) is 5.79. The number of hydrogen-bond donors (Lipinski definition) is 2. The predicted octanol–water partition coefficient (Wildman–Crippen LogP) is 1.03. The largest absolute Gasteiger partial charge is 0.443 e. The number of nitrogens with zero attached hydrogens (tertiary/aromatic N) is 1. The summed E-state index contributed by atoms with van der Waals surface area (Å²) >= 11 is 0. The minimum Gasteiger partial charge on any atom is -0.443 e. The van der Waals surface area contributed by atoms with E-state index in [0.29, 0.717) is 25.9 Å². The monoisotopic (exact) mass is 294 g/mol. The summed E-state index contributed by atoms with van der Waals surface area (Å²) in [4.78, 5) is 11.5. The Morgan fingerprint density at radius 3 is 2.32 bits per heavy atom. The van der Waals surface area contributed by atoms with Crippen LogP contribution in [0.15, 0.2) is 0 Å². The Balaban J connectivity index is 2.33. The first kappa shape index (κ1) is 16.2. The fourth-order valence-corrected chi connectivity index (χ4v) is 2.87. The van der Waals surface area contributed by atoms with Crippen LogP contribution in [0.1, 0.15) is 33.6 Å². The normalized spacial score (nSPS) is 19.2. The highest BCUT2D eigenvalue weighted by Gasteiger charge is 2.25. The molecule has 0 radical (unpaired) electrons. The Morgan fingerprint density at radius 2 is 1.89 bits per heavy atom. The van der Waals surface area contributed by atoms with Gasteiger partial charge in [0, 0.05) is 13.1 Å². The summed E-state index contributed by atoms with van der Waals surface area (Å²) in [5.74, 6) is -0.278. The predicted molar refractivity (Wildman–Crippen MR) is 70.1 cm³/mol. The van der Waals surface area contributed by atoms with Crippen molar-refractivity contribution in [1.82, 2.24) is 10.4 Å². The maximum absolute atomic E-state index is 11.5. The van der Waals surface area contributed by atoms with Gasteiger partial charge in [0.1, 0.15) is 5.60 Å². The van der Waals surface area contributed by atoms with Gasteiger partial charge in [-0.3, -0.25) is 9.98 Å². The van der Waals surface area contributed by atoms with E-state index in [1.165, 1.54) is 0 Å². The molecule has 0 aromatic rings. The highest BCUT2D eigenvalue weighted by atomic mass is 32.2. The van der Waals surface area contributed by atoms with Crippen LogP contribution in [0.4, 0.5) is 4.79 Å². The molecule has 0 unspecified atom stereocenters. The van der Waals surface area contributed by atoms with Crippen LogP contribution in [0.5, 0.6) is 0 Å². The standard InChI is InChI=1S/C11H22N2O5S/c1-11(2,3)18-10(14)12-13-6-4-9(5-7-13)8-19(15,16)17/h9H,4-8H2,1-3H3,(H,12,14)(H,15,16,17). The van der Waals surface area contributed by atoms with Crippen LogP contribution in [0.2, 0.25) is 0 Å². The summed E-state index contributed by atoms with van der Waals surface area (Å²) in [7, 11) is -3.92. The molecule has 0 aromatic carbocycles. The molecule has 7 nitrogen and oxygen atoms in total. The summed E-state index contributed by atoms with van der Waals surface area (Å²) in [6.07, 6.45) is 0.700. The smallest absolute Gasteiger partial charge is 0.422 e. The summed E-state index contributed by atoms with van der Waals surface area (Å²) in [5.41, 5.74) is 2.07. The minimum absolute atomic E-state index is 0.0633. The van der Waals surface area contributed by atoms with Crippen molar-refractivity contribution in [3.8, 4) is 0 Å². The fraction of sp³-hybridized carbons (Fsp3) is 0.909. The first-order valence-electron chi connectivity index (χ1n) is 6.25. The van der Waals surface area contributed by atoms with Crippen LogP contribution in [-0.4, -0.2) is 48.5 Å². The van der Waals surface area contributed by atoms with E-state index < -0.39 is 21.8 Å². The van der Waals surface area contributed by atoms with Gasteiger partial charge in [-0.2, -0.15) is 8.42 Å². The molecule has 1 saturated heterocycles. The molecule has 2 N–H and O–H groups in total. The van der Waals surface area contributed by atoms with Gasteiger partial charge in [-0.15, -0.1) is 0 Å². The van der Waals surface area contributed by atoms with Gasteiger partial charge in [0.05, 0.1) is 5.75 Å². The number of nitrogens with one attached hydrogen (secondary N) is 1. The lowest BCUT2D eigenvalue weighted by atomic mass is 10.0. The van der Waals surface area contributed by atoms with Crippen LogP contribution >= 0.6 is 0 Å². The van der Waals surface area contributed by atoms with Gasteiger partial charge in [0.25, 0.3) is 10.1 Å². The number of hydrazine groups is 1. The van der Waals surface area contributed by atoms with Crippen molar-refractivity contribution in [2.24, 2.45) is 5.92 Å². The van der Waals surface area contributed by atoms with Gasteiger partial charge >= 0.3 is 6.09 Å². The SMILES string of the molecule is CC(C)(C)OC(=O)NN1CCC(CS(=O)(=O)O)CC1. The summed E-state index contributed by atoms with van der Waals surface area (Å²) in [6.45, 7) is 6.43. The van der Waals surface area contributed by atoms with E-state index in [4.69, 9.17) is 9.29 Å². The van der Waals surface area contributed by atoms with Crippen molar-refractivity contribution < 1.29 is 22.5 Å². The minimum atomic E-state index is -3.92.